The van der Waals surface area contributed by atoms with Gasteiger partial charge in [-0.25, -0.2) is 0 Å². The van der Waals surface area contributed by atoms with E-state index in [1.54, 1.807) is 30.3 Å². The van der Waals surface area contributed by atoms with Crippen molar-refractivity contribution in [1.82, 2.24) is 15.1 Å². The minimum absolute atomic E-state index is 0.0509. The number of anilines is 1. The predicted octanol–water partition coefficient (Wildman–Crippen LogP) is 3.38. The molecule has 2 amide bonds. The van der Waals surface area contributed by atoms with Crippen molar-refractivity contribution in [3.8, 4) is 5.75 Å². The van der Waals surface area contributed by atoms with Crippen molar-refractivity contribution in [2.24, 2.45) is 0 Å². The van der Waals surface area contributed by atoms with E-state index in [9.17, 15) is 9.59 Å². The monoisotopic (exact) mass is 454 g/mol. The minimum atomic E-state index is -0.363. The van der Waals surface area contributed by atoms with Gasteiger partial charge in [-0.1, -0.05) is 37.6 Å². The Hall–Kier alpha value is -2.97. The zero-order chi connectivity index (χ0) is 22.9. The Morgan fingerprint density at radius 1 is 1.00 bits per heavy atom. The van der Waals surface area contributed by atoms with Crippen molar-refractivity contribution < 1.29 is 14.3 Å². The Morgan fingerprint density at radius 2 is 1.66 bits per heavy atom. The van der Waals surface area contributed by atoms with Crippen molar-refractivity contribution in [2.45, 2.75) is 19.8 Å². The lowest BCUT2D eigenvalue weighted by Crippen LogP contribution is -2.47. The molecular weight excluding hydrogens is 424 g/mol. The number of rotatable bonds is 7. The maximum Gasteiger partial charge on any atom is 0.261 e. The number of unbranched alkanes of at least 4 members (excludes halogenated alkanes) is 1. The minimum Gasteiger partial charge on any atom is -0.493 e. The van der Waals surface area contributed by atoms with Gasteiger partial charge in [0.25, 0.3) is 11.8 Å². The molecule has 170 valence electrons. The Labute approximate surface area is 194 Å². The van der Waals surface area contributed by atoms with Gasteiger partial charge in [0.15, 0.2) is 5.11 Å². The number of hydrogen-bond donors (Lipinski definition) is 2. The molecule has 0 aromatic heterocycles. The molecule has 3 rings (SSSR count). The Bertz CT molecular complexity index is 958. The molecule has 1 aliphatic heterocycles. The van der Waals surface area contributed by atoms with E-state index in [-0.39, 0.29) is 16.9 Å². The molecule has 1 aliphatic rings. The van der Waals surface area contributed by atoms with Crippen LogP contribution in [0.15, 0.2) is 48.5 Å². The van der Waals surface area contributed by atoms with Crippen LogP contribution in [-0.4, -0.2) is 66.6 Å². The van der Waals surface area contributed by atoms with Gasteiger partial charge in [0, 0.05) is 26.2 Å². The summed E-state index contributed by atoms with van der Waals surface area (Å²) in [5, 5.41) is 5.83. The van der Waals surface area contributed by atoms with Crippen LogP contribution in [0.3, 0.4) is 0 Å². The number of carbonyl (C=O) groups excluding carboxylic acids is 2. The summed E-state index contributed by atoms with van der Waals surface area (Å²) < 4.78 is 5.75. The molecule has 2 aromatic carbocycles. The van der Waals surface area contributed by atoms with Crippen LogP contribution < -0.4 is 15.4 Å². The number of nitrogens with one attached hydrogen (secondary N) is 2. The molecule has 0 saturated carbocycles. The first-order valence-corrected chi connectivity index (χ1v) is 11.3. The first-order valence-electron chi connectivity index (χ1n) is 10.9. The molecule has 0 aliphatic carbocycles. The lowest BCUT2D eigenvalue weighted by atomic mass is 10.1. The predicted molar refractivity (Wildman–Crippen MR) is 130 cm³/mol. The van der Waals surface area contributed by atoms with E-state index in [0.29, 0.717) is 42.3 Å². The standard InChI is InChI=1S/C24H30N4O3S/c1-3-4-17-31-21-12-8-6-10-19(21)22(29)26-24(32)25-20-11-7-5-9-18(20)23(30)28-15-13-27(2)14-16-28/h5-12H,3-4,13-17H2,1-2H3,(H2,25,26,29,32). The summed E-state index contributed by atoms with van der Waals surface area (Å²) in [5.41, 5.74) is 1.50. The van der Waals surface area contributed by atoms with Gasteiger partial charge in [-0.15, -0.1) is 0 Å². The highest BCUT2D eigenvalue weighted by atomic mass is 32.1. The van der Waals surface area contributed by atoms with Gasteiger partial charge in [0.2, 0.25) is 0 Å². The van der Waals surface area contributed by atoms with Gasteiger partial charge >= 0.3 is 0 Å². The normalized spacial score (nSPS) is 14.0. The number of nitrogens with zero attached hydrogens (tertiary/aromatic N) is 2. The number of carbonyl (C=O) groups is 2. The quantitative estimate of drug-likeness (QED) is 0.494. The van der Waals surface area contributed by atoms with E-state index in [0.717, 1.165) is 25.9 Å². The fourth-order valence-corrected chi connectivity index (χ4v) is 3.59. The fourth-order valence-electron chi connectivity index (χ4n) is 3.39. The van der Waals surface area contributed by atoms with Crippen molar-refractivity contribution in [3.05, 3.63) is 59.7 Å². The molecule has 0 unspecified atom stereocenters. The summed E-state index contributed by atoms with van der Waals surface area (Å²) in [6.07, 6.45) is 1.92. The summed E-state index contributed by atoms with van der Waals surface area (Å²) >= 11 is 5.36. The number of amides is 2. The molecular formula is C24H30N4O3S. The molecule has 8 heteroatoms. The van der Waals surface area contributed by atoms with E-state index < -0.39 is 0 Å². The average Bonchev–Trinajstić information content (AvgIpc) is 2.80. The SMILES string of the molecule is CCCCOc1ccccc1C(=O)NC(=S)Nc1ccccc1C(=O)N1CCN(C)CC1. The maximum atomic E-state index is 13.0. The highest BCUT2D eigenvalue weighted by molar-refractivity contribution is 7.80. The number of benzene rings is 2. The number of hydrogen-bond acceptors (Lipinski definition) is 5. The molecule has 1 heterocycles. The molecule has 0 bridgehead atoms. The Kier molecular flexibility index (Phi) is 8.58. The van der Waals surface area contributed by atoms with Gasteiger partial charge in [0.05, 0.1) is 23.4 Å². The largest absolute Gasteiger partial charge is 0.493 e. The first kappa shape index (κ1) is 23.7. The van der Waals surface area contributed by atoms with Crippen LogP contribution in [-0.2, 0) is 0 Å². The van der Waals surface area contributed by atoms with Gasteiger partial charge in [0.1, 0.15) is 5.75 Å². The highest BCUT2D eigenvalue weighted by Crippen LogP contribution is 2.20. The summed E-state index contributed by atoms with van der Waals surface area (Å²) in [4.78, 5) is 29.9. The smallest absolute Gasteiger partial charge is 0.261 e. The van der Waals surface area contributed by atoms with Crippen molar-refractivity contribution >= 4 is 34.8 Å². The van der Waals surface area contributed by atoms with E-state index in [1.165, 1.54) is 0 Å². The van der Waals surface area contributed by atoms with Crippen molar-refractivity contribution in [3.63, 3.8) is 0 Å². The Balaban J connectivity index is 1.66. The molecule has 32 heavy (non-hydrogen) atoms. The number of ether oxygens (including phenoxy) is 1. The molecule has 2 N–H and O–H groups in total. The molecule has 7 nitrogen and oxygen atoms in total. The summed E-state index contributed by atoms with van der Waals surface area (Å²) in [5.74, 6) is 0.106. The molecule has 1 saturated heterocycles. The third-order valence-electron chi connectivity index (χ3n) is 5.31. The van der Waals surface area contributed by atoms with Crippen LogP contribution in [0.25, 0.3) is 0 Å². The summed E-state index contributed by atoms with van der Waals surface area (Å²) in [6, 6.07) is 14.3. The lowest BCUT2D eigenvalue weighted by Gasteiger charge is -2.32. The van der Waals surface area contributed by atoms with Crippen LogP contribution in [0.4, 0.5) is 5.69 Å². The second kappa shape index (κ2) is 11.6. The molecule has 2 aromatic rings. The summed E-state index contributed by atoms with van der Waals surface area (Å²) in [6.45, 7) is 5.67. The molecule has 0 atom stereocenters. The topological polar surface area (TPSA) is 73.9 Å². The van der Waals surface area contributed by atoms with Crippen LogP contribution in [0.1, 0.15) is 40.5 Å². The molecule has 0 radical (unpaired) electrons. The van der Waals surface area contributed by atoms with E-state index in [4.69, 9.17) is 17.0 Å². The Morgan fingerprint density at radius 3 is 2.38 bits per heavy atom. The van der Waals surface area contributed by atoms with Crippen molar-refractivity contribution in [2.75, 3.05) is 45.2 Å². The number of para-hydroxylation sites is 2. The van der Waals surface area contributed by atoms with Crippen LogP contribution in [0.5, 0.6) is 5.75 Å². The second-order valence-electron chi connectivity index (χ2n) is 7.75. The van der Waals surface area contributed by atoms with Crippen LogP contribution >= 0.6 is 12.2 Å². The van der Waals surface area contributed by atoms with E-state index in [1.807, 2.05) is 30.1 Å². The number of likely N-dealkylation sites (N-methyl/N-ethyl adjacent to an activating group) is 1. The van der Waals surface area contributed by atoms with Crippen molar-refractivity contribution in [1.29, 1.82) is 0 Å². The van der Waals surface area contributed by atoms with Gasteiger partial charge in [-0.2, -0.15) is 0 Å². The second-order valence-corrected chi connectivity index (χ2v) is 8.16. The zero-order valence-electron chi connectivity index (χ0n) is 18.6. The first-order chi connectivity index (χ1) is 15.5. The van der Waals surface area contributed by atoms with Gasteiger partial charge < -0.3 is 19.9 Å². The number of piperazine rings is 1. The van der Waals surface area contributed by atoms with Gasteiger partial charge in [-0.3, -0.25) is 14.9 Å². The average molecular weight is 455 g/mol. The highest BCUT2D eigenvalue weighted by Gasteiger charge is 2.23. The summed E-state index contributed by atoms with van der Waals surface area (Å²) in [7, 11) is 2.05. The molecule has 1 fully saturated rings. The zero-order valence-corrected chi connectivity index (χ0v) is 19.4. The van der Waals surface area contributed by atoms with Crippen LogP contribution in [0.2, 0.25) is 0 Å². The third kappa shape index (κ3) is 6.27. The number of thiocarbonyl (C=S) groups is 1. The van der Waals surface area contributed by atoms with E-state index >= 15 is 0 Å². The molecule has 0 spiro atoms. The maximum absolute atomic E-state index is 13.0. The van der Waals surface area contributed by atoms with Gasteiger partial charge in [-0.05, 0) is 50.0 Å². The van der Waals surface area contributed by atoms with Crippen LogP contribution in [0, 0.1) is 0 Å². The lowest BCUT2D eigenvalue weighted by molar-refractivity contribution is 0.0665. The van der Waals surface area contributed by atoms with E-state index in [2.05, 4.69) is 22.5 Å². The fraction of sp³-hybridized carbons (Fsp3) is 0.375. The third-order valence-corrected chi connectivity index (χ3v) is 5.51.